The molecule has 1 atom stereocenters. The van der Waals surface area contributed by atoms with E-state index in [1.54, 1.807) is 6.92 Å². The highest BCUT2D eigenvalue weighted by Crippen LogP contribution is 2.37. The molecule has 2 aromatic carbocycles. The third-order valence-corrected chi connectivity index (χ3v) is 6.26. The fraction of sp³-hybridized carbons (Fsp3) is 0.423. The Kier molecular flexibility index (Phi) is 6.62. The molecule has 164 valence electrons. The van der Waals surface area contributed by atoms with Gasteiger partial charge >= 0.3 is 5.97 Å². The lowest BCUT2D eigenvalue weighted by Crippen LogP contribution is -2.15. The Morgan fingerprint density at radius 1 is 1.23 bits per heavy atom. The topological polar surface area (TPSA) is 74.3 Å². The maximum Gasteiger partial charge on any atom is 0.306 e. The molecule has 1 fully saturated rings. The van der Waals surface area contributed by atoms with Crippen LogP contribution >= 0.6 is 0 Å². The Hall–Kier alpha value is -2.79. The van der Waals surface area contributed by atoms with Gasteiger partial charge in [0, 0.05) is 23.7 Å². The molecule has 0 radical (unpaired) electrons. The molecule has 5 heteroatoms. The average molecular weight is 421 g/mol. The zero-order valence-electron chi connectivity index (χ0n) is 18.4. The van der Waals surface area contributed by atoms with Gasteiger partial charge in [0.25, 0.3) is 0 Å². The Balaban J connectivity index is 1.87. The molecule has 0 saturated heterocycles. The van der Waals surface area contributed by atoms with Crippen molar-refractivity contribution < 1.29 is 14.6 Å². The lowest BCUT2D eigenvalue weighted by Gasteiger charge is -2.16. The Morgan fingerprint density at radius 3 is 2.65 bits per heavy atom. The number of ether oxygens (including phenoxy) is 1. The van der Waals surface area contributed by atoms with Crippen LogP contribution in [0.25, 0.3) is 22.2 Å². The van der Waals surface area contributed by atoms with E-state index in [2.05, 4.69) is 34.6 Å². The van der Waals surface area contributed by atoms with Gasteiger partial charge in [-0.25, -0.2) is 0 Å². The van der Waals surface area contributed by atoms with Crippen molar-refractivity contribution in [1.82, 2.24) is 4.98 Å². The van der Waals surface area contributed by atoms with Crippen molar-refractivity contribution in [1.29, 1.82) is 0 Å². The van der Waals surface area contributed by atoms with Crippen LogP contribution in [0.1, 0.15) is 50.7 Å². The van der Waals surface area contributed by atoms with E-state index >= 15 is 0 Å². The zero-order chi connectivity index (χ0) is 21.8. The van der Waals surface area contributed by atoms with Gasteiger partial charge in [0.2, 0.25) is 0 Å². The molecule has 1 unspecified atom stereocenters. The molecular weight excluding hydrogens is 388 g/mol. The quantitative estimate of drug-likeness (QED) is 0.397. The van der Waals surface area contributed by atoms with Crippen molar-refractivity contribution >= 4 is 22.6 Å². The van der Waals surface area contributed by atoms with E-state index in [9.17, 15) is 9.90 Å². The van der Waals surface area contributed by atoms with Gasteiger partial charge in [-0.05, 0) is 55.0 Å². The number of hydrogen-bond acceptors (Lipinski definition) is 3. The van der Waals surface area contributed by atoms with Crippen LogP contribution in [0.3, 0.4) is 0 Å². The maximum atomic E-state index is 11.7. The number of H-pyrrole nitrogens is 1. The first-order chi connectivity index (χ1) is 15.1. The molecule has 1 aliphatic carbocycles. The molecule has 4 rings (SSSR count). The molecule has 0 spiro atoms. The van der Waals surface area contributed by atoms with Gasteiger partial charge in [0.1, 0.15) is 0 Å². The Bertz CT molecular complexity index is 1040. The largest absolute Gasteiger partial charge is 0.481 e. The van der Waals surface area contributed by atoms with Gasteiger partial charge in [-0.3, -0.25) is 4.79 Å². The van der Waals surface area contributed by atoms with Gasteiger partial charge in [-0.2, -0.15) is 0 Å². The fourth-order valence-corrected chi connectivity index (χ4v) is 4.57. The van der Waals surface area contributed by atoms with Crippen LogP contribution in [-0.4, -0.2) is 28.7 Å². The average Bonchev–Trinajstić information content (AvgIpc) is 3.41. The van der Waals surface area contributed by atoms with Crippen molar-refractivity contribution in [3.63, 3.8) is 0 Å². The van der Waals surface area contributed by atoms with Crippen LogP contribution in [0, 0.1) is 5.92 Å². The van der Waals surface area contributed by atoms with Crippen LogP contribution in [0.15, 0.2) is 42.5 Å². The van der Waals surface area contributed by atoms with Gasteiger partial charge in [-0.15, -0.1) is 0 Å². The molecule has 3 N–H and O–H groups in total. The number of aliphatic carboxylic acids is 1. The molecule has 1 aromatic heterocycles. The summed E-state index contributed by atoms with van der Waals surface area (Å²) in [7, 11) is 0. The monoisotopic (exact) mass is 420 g/mol. The Morgan fingerprint density at radius 2 is 1.97 bits per heavy atom. The van der Waals surface area contributed by atoms with Crippen LogP contribution in [0.2, 0.25) is 0 Å². The second-order valence-corrected chi connectivity index (χ2v) is 8.62. The van der Waals surface area contributed by atoms with E-state index in [1.807, 2.05) is 25.1 Å². The van der Waals surface area contributed by atoms with Gasteiger partial charge in [0.05, 0.1) is 23.7 Å². The summed E-state index contributed by atoms with van der Waals surface area (Å²) in [5.74, 6) is -1.24. The maximum absolute atomic E-state index is 11.7. The number of anilines is 1. The summed E-state index contributed by atoms with van der Waals surface area (Å²) < 4.78 is 5.71. The first-order valence-corrected chi connectivity index (χ1v) is 11.4. The fourth-order valence-electron chi connectivity index (χ4n) is 4.57. The minimum atomic E-state index is -0.775. The highest BCUT2D eigenvalue weighted by atomic mass is 16.5. The van der Waals surface area contributed by atoms with Gasteiger partial charge < -0.3 is 20.1 Å². The highest BCUT2D eigenvalue weighted by molar-refractivity contribution is 5.99. The SMILES string of the molecule is CCOCc1cc(NC2CCCC2)c2[nH]c(-c3ccccc3)c(CC(C)C(=O)O)c2c1. The summed E-state index contributed by atoms with van der Waals surface area (Å²) in [4.78, 5) is 15.3. The molecule has 1 heterocycles. The van der Waals surface area contributed by atoms with Crippen molar-refractivity contribution in [2.24, 2.45) is 5.92 Å². The van der Waals surface area contributed by atoms with E-state index in [-0.39, 0.29) is 0 Å². The molecule has 0 amide bonds. The summed E-state index contributed by atoms with van der Waals surface area (Å²) >= 11 is 0. The lowest BCUT2D eigenvalue weighted by molar-refractivity contribution is -0.141. The van der Waals surface area contributed by atoms with E-state index < -0.39 is 11.9 Å². The molecule has 0 bridgehead atoms. The van der Waals surface area contributed by atoms with E-state index in [1.165, 1.54) is 25.7 Å². The molecular formula is C26H32N2O3. The number of aromatic amines is 1. The van der Waals surface area contributed by atoms with E-state index in [0.29, 0.717) is 25.7 Å². The second kappa shape index (κ2) is 9.56. The van der Waals surface area contributed by atoms with Gasteiger partial charge in [-0.1, -0.05) is 50.1 Å². The summed E-state index contributed by atoms with van der Waals surface area (Å²) in [5.41, 5.74) is 6.39. The van der Waals surface area contributed by atoms with Crippen molar-refractivity contribution in [3.8, 4) is 11.3 Å². The van der Waals surface area contributed by atoms with Crippen molar-refractivity contribution in [2.45, 2.75) is 58.6 Å². The van der Waals surface area contributed by atoms with Crippen LogP contribution < -0.4 is 5.32 Å². The number of benzene rings is 2. The summed E-state index contributed by atoms with van der Waals surface area (Å²) in [6.45, 7) is 4.98. The van der Waals surface area contributed by atoms with Gasteiger partial charge in [0.15, 0.2) is 0 Å². The number of carbonyl (C=O) groups is 1. The van der Waals surface area contributed by atoms with Crippen molar-refractivity contribution in [3.05, 3.63) is 53.6 Å². The predicted octanol–water partition coefficient (Wildman–Crippen LogP) is 5.99. The van der Waals surface area contributed by atoms with E-state index in [0.717, 1.165) is 39.0 Å². The number of fused-ring (bicyclic) bond motifs is 1. The normalized spacial score (nSPS) is 15.4. The first-order valence-electron chi connectivity index (χ1n) is 11.4. The van der Waals surface area contributed by atoms with Crippen LogP contribution in [0.4, 0.5) is 5.69 Å². The van der Waals surface area contributed by atoms with Crippen LogP contribution in [-0.2, 0) is 22.6 Å². The number of carboxylic acids is 1. The number of nitrogens with one attached hydrogen (secondary N) is 2. The lowest BCUT2D eigenvalue weighted by atomic mass is 9.95. The molecule has 1 aliphatic rings. The summed E-state index contributed by atoms with van der Waals surface area (Å²) in [5, 5.41) is 14.4. The van der Waals surface area contributed by atoms with Crippen LogP contribution in [0.5, 0.6) is 0 Å². The third kappa shape index (κ3) is 4.77. The molecule has 31 heavy (non-hydrogen) atoms. The standard InChI is InChI=1S/C26H32N2O3/c1-3-31-16-18-14-22-21(13-17(2)26(29)30)24(19-9-5-4-6-10-19)28-25(22)23(15-18)27-20-11-7-8-12-20/h4-6,9-10,14-15,17,20,27-28H,3,7-8,11-13,16H2,1-2H3,(H,29,30). The molecule has 0 aliphatic heterocycles. The first kappa shape index (κ1) is 21.4. The smallest absolute Gasteiger partial charge is 0.306 e. The molecule has 3 aromatic rings. The van der Waals surface area contributed by atoms with Crippen molar-refractivity contribution in [2.75, 3.05) is 11.9 Å². The van der Waals surface area contributed by atoms with E-state index in [4.69, 9.17) is 4.74 Å². The number of aromatic nitrogens is 1. The molecule has 5 nitrogen and oxygen atoms in total. The highest BCUT2D eigenvalue weighted by Gasteiger charge is 2.23. The number of hydrogen-bond donors (Lipinski definition) is 3. The predicted molar refractivity (Wildman–Crippen MR) is 125 cm³/mol. The summed E-state index contributed by atoms with van der Waals surface area (Å²) in [6.07, 6.45) is 5.38. The number of rotatable bonds is 9. The minimum Gasteiger partial charge on any atom is -0.481 e. The summed E-state index contributed by atoms with van der Waals surface area (Å²) in [6, 6.07) is 15.0. The Labute approximate surface area is 183 Å². The minimum absolute atomic E-state index is 0.469. The number of carboxylic acid groups (broad SMARTS) is 1. The molecule has 1 saturated carbocycles. The zero-order valence-corrected chi connectivity index (χ0v) is 18.4. The third-order valence-electron chi connectivity index (χ3n) is 6.26. The second-order valence-electron chi connectivity index (χ2n) is 8.62.